The fourth-order valence-electron chi connectivity index (χ4n) is 14.4. The van der Waals surface area contributed by atoms with Crippen molar-refractivity contribution in [2.24, 2.45) is 5.41 Å². The van der Waals surface area contributed by atoms with Crippen LogP contribution in [0.1, 0.15) is 152 Å². The minimum Gasteiger partial charge on any atom is -0.363 e. The van der Waals surface area contributed by atoms with E-state index in [2.05, 4.69) is 13.2 Å². The van der Waals surface area contributed by atoms with Gasteiger partial charge in [0, 0.05) is 138 Å². The normalized spacial score (nSPS) is 26.4. The lowest BCUT2D eigenvalue weighted by atomic mass is 9.41. The molecule has 2 rings (SSSR count). The standard InChI is InChI=1S/C61H112O22/c1-25-47(62)50(64-27-3)54(68-31-7,69-32-8)58(76-39-15,77-40-16)52(66-29-5,59(78-41-17,79-42-18)55(50,70-33-9)71-34-10)49(23,24)53(67-30-6)60(80-43-19,81-44-20)56(72-35-11,73-36-12)51(65-28-4,48(63)26-2)57(74-37-13,75-38-14)61(53,82-45-21)83-46-22/h25-26H,1-2,27-46H2,3-24H3. The van der Waals surface area contributed by atoms with Crippen molar-refractivity contribution in [2.45, 2.75) is 221 Å². The Morgan fingerprint density at radius 3 is 0.506 bits per heavy atom. The molecule has 0 saturated heterocycles. The summed E-state index contributed by atoms with van der Waals surface area (Å²) >= 11 is 0. The van der Waals surface area contributed by atoms with E-state index in [1.807, 2.05) is 0 Å². The number of carbonyl (C=O) groups is 2. The second kappa shape index (κ2) is 32.5. The van der Waals surface area contributed by atoms with E-state index in [-0.39, 0.29) is 132 Å². The molecule has 0 heterocycles. The zero-order valence-corrected chi connectivity index (χ0v) is 55.2. The molecule has 0 aromatic rings. The van der Waals surface area contributed by atoms with E-state index < -0.39 is 85.7 Å². The van der Waals surface area contributed by atoms with E-state index >= 15 is 9.59 Å². The molecular formula is C61H112O22. The van der Waals surface area contributed by atoms with Gasteiger partial charge in [-0.05, 0) is 151 Å². The molecule has 22 nitrogen and oxygen atoms in total. The van der Waals surface area contributed by atoms with Gasteiger partial charge in [0.15, 0.2) is 22.8 Å². The Morgan fingerprint density at radius 2 is 0.386 bits per heavy atom. The summed E-state index contributed by atoms with van der Waals surface area (Å²) in [6, 6.07) is 0. The third kappa shape index (κ3) is 10.1. The smallest absolute Gasteiger partial charge is 0.270 e. The van der Waals surface area contributed by atoms with Crippen LogP contribution in [0.3, 0.4) is 0 Å². The van der Waals surface area contributed by atoms with Gasteiger partial charge in [0.2, 0.25) is 11.2 Å². The minimum absolute atomic E-state index is 0.245. The van der Waals surface area contributed by atoms with Gasteiger partial charge in [-0.2, -0.15) is 0 Å². The highest BCUT2D eigenvalue weighted by molar-refractivity contribution is 6.00. The summed E-state index contributed by atoms with van der Waals surface area (Å²) in [7, 11) is 0. The molecule has 2 fully saturated rings. The number of hydrogen-bond acceptors (Lipinski definition) is 22. The second-order valence-corrected chi connectivity index (χ2v) is 19.1. The molecule has 2 aliphatic rings. The van der Waals surface area contributed by atoms with Crippen molar-refractivity contribution >= 4 is 11.6 Å². The maximum absolute atomic E-state index is 16.5. The van der Waals surface area contributed by atoms with Gasteiger partial charge < -0.3 is 94.7 Å². The Kier molecular flexibility index (Phi) is 30.2. The SMILES string of the molecule is C=CC(=O)C1(OCC)C(OCC)(OCC)C(OCC)(OCC)C(OCC)(C(C)(C)C2(OCC)C(OCC)(OCC)C(OCC)(OCC)C(OCC)(C(=O)C=C)C(OCC)(OCC)C2(OCC)OCC)C(OCC)(OCC)C1(OCC)OCC. The Labute approximate surface area is 498 Å². The van der Waals surface area contributed by atoms with Crippen molar-refractivity contribution < 1.29 is 104 Å². The lowest BCUT2D eigenvalue weighted by molar-refractivity contribution is -0.645. The van der Waals surface area contributed by atoms with Crippen LogP contribution in [0.15, 0.2) is 25.3 Å². The molecule has 0 spiro atoms. The van der Waals surface area contributed by atoms with Gasteiger partial charge in [-0.1, -0.05) is 27.0 Å². The molecule has 0 amide bonds. The molecule has 83 heavy (non-hydrogen) atoms. The topological polar surface area (TPSA) is 219 Å². The van der Waals surface area contributed by atoms with Crippen LogP contribution in [0.5, 0.6) is 0 Å². The third-order valence-corrected chi connectivity index (χ3v) is 15.3. The van der Waals surface area contributed by atoms with Crippen LogP contribution in [0.2, 0.25) is 0 Å². The Bertz CT molecular complexity index is 1690. The van der Waals surface area contributed by atoms with Crippen molar-refractivity contribution in [3.05, 3.63) is 25.3 Å². The maximum atomic E-state index is 16.5. The van der Waals surface area contributed by atoms with Crippen LogP contribution in [0, 0.1) is 5.41 Å². The van der Waals surface area contributed by atoms with Gasteiger partial charge in [-0.25, -0.2) is 0 Å². The quantitative estimate of drug-likeness (QED) is 0.0411. The van der Waals surface area contributed by atoms with E-state index in [1.165, 1.54) is 0 Å². The molecule has 0 bridgehead atoms. The third-order valence-electron chi connectivity index (χ3n) is 15.3. The minimum atomic E-state index is -2.90. The summed E-state index contributed by atoms with van der Waals surface area (Å²) in [4.78, 5) is 32.9. The molecule has 2 saturated carbocycles. The Balaban J connectivity index is 4.79. The summed E-state index contributed by atoms with van der Waals surface area (Å²) < 4.78 is 151. The van der Waals surface area contributed by atoms with E-state index in [9.17, 15) is 0 Å². The summed E-state index contributed by atoms with van der Waals surface area (Å²) in [6.45, 7) is 40.7. The zero-order chi connectivity index (χ0) is 63.4. The van der Waals surface area contributed by atoms with Gasteiger partial charge >= 0.3 is 0 Å². The van der Waals surface area contributed by atoms with E-state index in [0.717, 1.165) is 12.2 Å². The fraction of sp³-hybridized carbons (Fsp3) is 0.902. The molecule has 2 aliphatic carbocycles. The molecule has 0 radical (unpaired) electrons. The van der Waals surface area contributed by atoms with Crippen LogP contribution >= 0.6 is 0 Å². The van der Waals surface area contributed by atoms with Crippen LogP contribution < -0.4 is 0 Å². The molecule has 0 aromatic carbocycles. The molecular weight excluding hydrogens is 1080 g/mol. The molecule has 0 aliphatic heterocycles. The summed E-state index contributed by atoms with van der Waals surface area (Å²) in [5.41, 5.74) is -13.9. The van der Waals surface area contributed by atoms with Crippen LogP contribution in [0.4, 0.5) is 0 Å². The van der Waals surface area contributed by atoms with E-state index in [1.54, 1.807) is 152 Å². The first-order valence-corrected chi connectivity index (χ1v) is 30.8. The van der Waals surface area contributed by atoms with Gasteiger partial charge in [-0.3, -0.25) is 9.59 Å². The first kappa shape index (κ1) is 77.1. The highest BCUT2D eigenvalue weighted by atomic mass is 16.9. The molecule has 488 valence electrons. The van der Waals surface area contributed by atoms with Crippen LogP contribution in [0.25, 0.3) is 0 Å². The number of rotatable bonds is 46. The number of carbonyl (C=O) groups excluding carboxylic acids is 2. The highest BCUT2D eigenvalue weighted by Gasteiger charge is 3.07. The van der Waals surface area contributed by atoms with Gasteiger partial charge in [0.05, 0.1) is 0 Å². The van der Waals surface area contributed by atoms with Gasteiger partial charge in [0.1, 0.15) is 0 Å². The van der Waals surface area contributed by atoms with E-state index in [4.69, 9.17) is 94.7 Å². The largest absolute Gasteiger partial charge is 0.363 e. The van der Waals surface area contributed by atoms with Crippen LogP contribution in [-0.2, 0) is 104 Å². The highest BCUT2D eigenvalue weighted by Crippen LogP contribution is 2.79. The average Bonchev–Trinajstić information content (AvgIpc) is 0.646. The van der Waals surface area contributed by atoms with E-state index in [0.29, 0.717) is 0 Å². The maximum Gasteiger partial charge on any atom is 0.270 e. The van der Waals surface area contributed by atoms with Crippen molar-refractivity contribution in [1.82, 2.24) is 0 Å². The van der Waals surface area contributed by atoms with Crippen molar-refractivity contribution in [1.29, 1.82) is 0 Å². The first-order valence-electron chi connectivity index (χ1n) is 30.8. The number of ether oxygens (including phenoxy) is 20. The monoisotopic (exact) mass is 1200 g/mol. The molecule has 0 aromatic heterocycles. The lowest BCUT2D eigenvalue weighted by Gasteiger charge is -2.81. The van der Waals surface area contributed by atoms with Crippen LogP contribution in [-0.4, -0.2) is 212 Å². The van der Waals surface area contributed by atoms with Crippen molar-refractivity contribution in [3.8, 4) is 0 Å². The Morgan fingerprint density at radius 1 is 0.253 bits per heavy atom. The predicted molar refractivity (Wildman–Crippen MR) is 309 cm³/mol. The fourth-order valence-corrected chi connectivity index (χ4v) is 14.4. The lowest BCUT2D eigenvalue weighted by Crippen LogP contribution is -3.07. The number of ketones is 2. The second-order valence-electron chi connectivity index (χ2n) is 19.1. The predicted octanol–water partition coefficient (Wildman–Crippen LogP) is 8.81. The molecule has 22 heteroatoms. The Hall–Kier alpha value is -1.98. The zero-order valence-electron chi connectivity index (χ0n) is 55.2. The molecule has 0 unspecified atom stereocenters. The average molecular weight is 1200 g/mol. The molecule has 0 atom stereocenters. The van der Waals surface area contributed by atoms with Crippen molar-refractivity contribution in [2.75, 3.05) is 132 Å². The van der Waals surface area contributed by atoms with Gasteiger partial charge in [0.25, 0.3) is 46.3 Å². The summed E-state index contributed by atoms with van der Waals surface area (Å²) in [6.07, 6.45) is 2.13. The summed E-state index contributed by atoms with van der Waals surface area (Å²) in [5, 5.41) is 0. The molecule has 0 N–H and O–H groups in total. The first-order chi connectivity index (χ1) is 39.7. The van der Waals surface area contributed by atoms with Crippen molar-refractivity contribution in [3.63, 3.8) is 0 Å². The van der Waals surface area contributed by atoms with Gasteiger partial charge in [-0.15, -0.1) is 0 Å². The number of hydrogen-bond donors (Lipinski definition) is 0. The summed E-state index contributed by atoms with van der Waals surface area (Å²) in [5.74, 6) is -24.8.